The monoisotopic (exact) mass is 390 g/mol. The molecule has 1 aromatic rings. The normalized spacial score (nSPS) is 16.1. The zero-order valence-electron chi connectivity index (χ0n) is 15.2. The second kappa shape index (κ2) is 7.61. The van der Waals surface area contributed by atoms with Crippen LogP contribution in [0.2, 0.25) is 0 Å². The Balaban J connectivity index is 2.01. The first-order chi connectivity index (χ1) is 12.4. The summed E-state index contributed by atoms with van der Waals surface area (Å²) < 4.78 is 49.9. The first kappa shape index (κ1) is 20.8. The van der Waals surface area contributed by atoms with Gasteiger partial charge in [0.1, 0.15) is 23.0 Å². The Kier molecular flexibility index (Phi) is 5.86. The summed E-state index contributed by atoms with van der Waals surface area (Å²) in [5, 5.41) is 10.8. The van der Waals surface area contributed by atoms with Crippen LogP contribution >= 0.6 is 0 Å². The highest BCUT2D eigenvalue weighted by Crippen LogP contribution is 2.38. The lowest BCUT2D eigenvalue weighted by atomic mass is 10.1. The molecule has 0 radical (unpaired) electrons. The molecule has 10 heteroatoms. The number of benzene rings is 1. The molecule has 1 fully saturated rings. The summed E-state index contributed by atoms with van der Waals surface area (Å²) in [7, 11) is 0. The van der Waals surface area contributed by atoms with Crippen molar-refractivity contribution >= 4 is 11.8 Å². The van der Waals surface area contributed by atoms with Crippen LogP contribution in [0.4, 0.5) is 23.7 Å². The van der Waals surface area contributed by atoms with E-state index in [0.717, 1.165) is 12.1 Å². The molecule has 7 nitrogen and oxygen atoms in total. The third-order valence-corrected chi connectivity index (χ3v) is 3.87. The molecular formula is C17H21F3N2O5. The van der Waals surface area contributed by atoms with Crippen LogP contribution in [0.3, 0.4) is 0 Å². The highest BCUT2D eigenvalue weighted by Gasteiger charge is 2.39. The molecular weight excluding hydrogens is 369 g/mol. The standard InChI is InChI=1S/C17H21F3N2O5/c1-16(2,3)27-15(23)21-8-6-11(7-9-21)26-12-4-5-14(22(24)25)13(10-12)17(18,19)20/h4-5,10-11H,6-9H2,1-3H3. The van der Waals surface area contributed by atoms with E-state index in [-0.39, 0.29) is 5.75 Å². The maximum absolute atomic E-state index is 13.0. The molecule has 2 rings (SSSR count). The minimum absolute atomic E-state index is 0.0938. The maximum atomic E-state index is 13.0. The second-order valence-corrected chi connectivity index (χ2v) is 7.22. The SMILES string of the molecule is CC(C)(C)OC(=O)N1CCC(Oc2ccc([N+](=O)[O-])c(C(F)(F)F)c2)CC1. The van der Waals surface area contributed by atoms with Gasteiger partial charge in [0, 0.05) is 32.0 Å². The number of nitro benzene ring substituents is 1. The molecule has 1 aromatic carbocycles. The van der Waals surface area contributed by atoms with Crippen molar-refractivity contribution in [2.45, 2.75) is 51.5 Å². The topological polar surface area (TPSA) is 81.9 Å². The minimum atomic E-state index is -4.86. The summed E-state index contributed by atoms with van der Waals surface area (Å²) in [4.78, 5) is 23.2. The molecule has 1 aliphatic rings. The van der Waals surface area contributed by atoms with Gasteiger partial charge in [-0.25, -0.2) is 4.79 Å². The number of ether oxygens (including phenoxy) is 2. The number of likely N-dealkylation sites (tertiary alicyclic amines) is 1. The second-order valence-electron chi connectivity index (χ2n) is 7.22. The van der Waals surface area contributed by atoms with Gasteiger partial charge in [0.2, 0.25) is 0 Å². The number of halogens is 3. The van der Waals surface area contributed by atoms with Crippen LogP contribution in [-0.2, 0) is 10.9 Å². The molecule has 1 heterocycles. The van der Waals surface area contributed by atoms with Crippen molar-refractivity contribution in [3.05, 3.63) is 33.9 Å². The van der Waals surface area contributed by atoms with Crippen molar-refractivity contribution in [3.8, 4) is 5.75 Å². The van der Waals surface area contributed by atoms with Crippen molar-refractivity contribution in [2.75, 3.05) is 13.1 Å². The van der Waals surface area contributed by atoms with E-state index in [2.05, 4.69) is 0 Å². The Morgan fingerprint density at radius 3 is 2.30 bits per heavy atom. The van der Waals surface area contributed by atoms with E-state index in [1.54, 1.807) is 20.8 Å². The number of carbonyl (C=O) groups excluding carboxylic acids is 1. The van der Waals surface area contributed by atoms with Gasteiger partial charge in [-0.15, -0.1) is 0 Å². The first-order valence-electron chi connectivity index (χ1n) is 8.37. The lowest BCUT2D eigenvalue weighted by Crippen LogP contribution is -2.44. The first-order valence-corrected chi connectivity index (χ1v) is 8.37. The summed E-state index contributed by atoms with van der Waals surface area (Å²) >= 11 is 0. The van der Waals surface area contributed by atoms with Gasteiger partial charge >= 0.3 is 12.3 Å². The number of rotatable bonds is 3. The molecule has 0 N–H and O–H groups in total. The van der Waals surface area contributed by atoms with E-state index in [1.165, 1.54) is 4.90 Å². The zero-order valence-corrected chi connectivity index (χ0v) is 15.2. The van der Waals surface area contributed by atoms with Crippen LogP contribution in [-0.4, -0.2) is 40.7 Å². The number of nitro groups is 1. The van der Waals surface area contributed by atoms with E-state index < -0.39 is 40.1 Å². The van der Waals surface area contributed by atoms with Crippen LogP contribution in [0.15, 0.2) is 18.2 Å². The predicted molar refractivity (Wildman–Crippen MR) is 89.6 cm³/mol. The average Bonchev–Trinajstić information content (AvgIpc) is 2.53. The van der Waals surface area contributed by atoms with Gasteiger partial charge in [0.05, 0.1) is 4.92 Å². The number of piperidine rings is 1. The maximum Gasteiger partial charge on any atom is 0.423 e. The molecule has 0 aromatic heterocycles. The third-order valence-electron chi connectivity index (χ3n) is 3.87. The number of hydrogen-bond acceptors (Lipinski definition) is 5. The van der Waals surface area contributed by atoms with E-state index >= 15 is 0 Å². The van der Waals surface area contributed by atoms with E-state index in [4.69, 9.17) is 9.47 Å². The predicted octanol–water partition coefficient (Wildman–Crippen LogP) is 4.39. The molecule has 150 valence electrons. The molecule has 27 heavy (non-hydrogen) atoms. The molecule has 1 amide bonds. The summed E-state index contributed by atoms with van der Waals surface area (Å²) in [6.07, 6.45) is -4.88. The van der Waals surface area contributed by atoms with E-state index in [0.29, 0.717) is 32.0 Å². The van der Waals surface area contributed by atoms with E-state index in [1.807, 2.05) is 0 Å². The van der Waals surface area contributed by atoms with Crippen molar-refractivity contribution in [3.63, 3.8) is 0 Å². The quantitative estimate of drug-likeness (QED) is 0.565. The third kappa shape index (κ3) is 5.73. The molecule has 0 saturated carbocycles. The van der Waals surface area contributed by atoms with Crippen molar-refractivity contribution in [1.82, 2.24) is 4.90 Å². The van der Waals surface area contributed by atoms with Gasteiger partial charge in [-0.2, -0.15) is 13.2 Å². The van der Waals surface area contributed by atoms with Crippen LogP contribution in [0, 0.1) is 10.1 Å². The van der Waals surface area contributed by atoms with Crippen LogP contribution in [0.1, 0.15) is 39.2 Å². The molecule has 0 aliphatic carbocycles. The Hall–Kier alpha value is -2.52. The number of nitrogens with zero attached hydrogens (tertiary/aromatic N) is 2. The Morgan fingerprint density at radius 2 is 1.81 bits per heavy atom. The van der Waals surface area contributed by atoms with Crippen LogP contribution < -0.4 is 4.74 Å². The highest BCUT2D eigenvalue weighted by atomic mass is 19.4. The summed E-state index contributed by atoms with van der Waals surface area (Å²) in [6, 6.07) is 2.57. The fourth-order valence-corrected chi connectivity index (χ4v) is 2.65. The summed E-state index contributed by atoms with van der Waals surface area (Å²) in [5.74, 6) is -0.0938. The summed E-state index contributed by atoms with van der Waals surface area (Å²) in [6.45, 7) is 5.96. The Labute approximate surface area is 154 Å². The van der Waals surface area contributed by atoms with Crippen LogP contribution in [0.5, 0.6) is 5.75 Å². The van der Waals surface area contributed by atoms with Crippen LogP contribution in [0.25, 0.3) is 0 Å². The fourth-order valence-electron chi connectivity index (χ4n) is 2.65. The highest BCUT2D eigenvalue weighted by molar-refractivity contribution is 5.68. The van der Waals surface area contributed by atoms with Gasteiger partial charge in [0.15, 0.2) is 0 Å². The van der Waals surface area contributed by atoms with Gasteiger partial charge in [0.25, 0.3) is 5.69 Å². The molecule has 0 bridgehead atoms. The number of alkyl halides is 3. The van der Waals surface area contributed by atoms with Gasteiger partial charge in [-0.3, -0.25) is 10.1 Å². The Bertz CT molecular complexity index is 708. The summed E-state index contributed by atoms with van der Waals surface area (Å²) in [5.41, 5.74) is -2.98. The average molecular weight is 390 g/mol. The van der Waals surface area contributed by atoms with Crippen molar-refractivity contribution < 1.29 is 32.4 Å². The van der Waals surface area contributed by atoms with E-state index in [9.17, 15) is 28.1 Å². The molecule has 0 spiro atoms. The largest absolute Gasteiger partial charge is 0.490 e. The molecule has 1 aliphatic heterocycles. The van der Waals surface area contributed by atoms with Crippen molar-refractivity contribution in [1.29, 1.82) is 0 Å². The zero-order chi connectivity index (χ0) is 20.4. The number of amides is 1. The number of carbonyl (C=O) groups is 1. The lowest BCUT2D eigenvalue weighted by molar-refractivity contribution is -0.388. The molecule has 0 atom stereocenters. The van der Waals surface area contributed by atoms with Gasteiger partial charge < -0.3 is 14.4 Å². The Morgan fingerprint density at radius 1 is 1.22 bits per heavy atom. The fraction of sp³-hybridized carbons (Fsp3) is 0.588. The van der Waals surface area contributed by atoms with Gasteiger partial charge in [-0.05, 0) is 32.9 Å². The van der Waals surface area contributed by atoms with Gasteiger partial charge in [-0.1, -0.05) is 0 Å². The lowest BCUT2D eigenvalue weighted by Gasteiger charge is -2.33. The number of hydrogen-bond donors (Lipinski definition) is 0. The smallest absolute Gasteiger partial charge is 0.423 e. The molecule has 1 saturated heterocycles. The molecule has 0 unspecified atom stereocenters. The minimum Gasteiger partial charge on any atom is -0.490 e. The van der Waals surface area contributed by atoms with Crippen molar-refractivity contribution in [2.24, 2.45) is 0 Å².